The molecule has 2 aromatic rings. The number of nitrogens with one attached hydrogen (secondary N) is 1. The zero-order chi connectivity index (χ0) is 13.2. The Kier molecular flexibility index (Phi) is 3.28. The fourth-order valence-corrected chi connectivity index (χ4v) is 1.76. The van der Waals surface area contributed by atoms with E-state index in [-0.39, 0.29) is 11.2 Å². The van der Waals surface area contributed by atoms with E-state index in [1.165, 1.54) is 5.56 Å². The van der Waals surface area contributed by atoms with Gasteiger partial charge in [-0.05, 0) is 47.4 Å². The van der Waals surface area contributed by atoms with Crippen LogP contribution < -0.4 is 5.32 Å². The summed E-state index contributed by atoms with van der Waals surface area (Å²) in [6, 6.07) is 15.5. The highest BCUT2D eigenvalue weighted by atomic mass is 16.3. The molecule has 0 aliphatic heterocycles. The van der Waals surface area contributed by atoms with Crippen LogP contribution in [0.1, 0.15) is 26.3 Å². The van der Waals surface area contributed by atoms with Crippen LogP contribution in [0.15, 0.2) is 48.5 Å². The number of aromatic hydroxyl groups is 1. The summed E-state index contributed by atoms with van der Waals surface area (Å²) in [5.74, 6) is 0.281. The van der Waals surface area contributed by atoms with Crippen molar-refractivity contribution in [1.29, 1.82) is 0 Å². The third-order valence-corrected chi connectivity index (χ3v) is 2.91. The average molecular weight is 241 g/mol. The molecule has 94 valence electrons. The van der Waals surface area contributed by atoms with Crippen molar-refractivity contribution in [2.45, 2.75) is 26.2 Å². The second-order valence-corrected chi connectivity index (χ2v) is 5.50. The Labute approximate surface area is 108 Å². The van der Waals surface area contributed by atoms with Gasteiger partial charge in [-0.1, -0.05) is 32.9 Å². The van der Waals surface area contributed by atoms with Crippen LogP contribution in [0.5, 0.6) is 5.75 Å². The Bertz CT molecular complexity index is 506. The third-order valence-electron chi connectivity index (χ3n) is 2.91. The molecule has 0 saturated heterocycles. The lowest BCUT2D eigenvalue weighted by Gasteiger charge is -2.19. The zero-order valence-electron chi connectivity index (χ0n) is 11.1. The van der Waals surface area contributed by atoms with Gasteiger partial charge in [0.15, 0.2) is 0 Å². The van der Waals surface area contributed by atoms with Crippen LogP contribution >= 0.6 is 0 Å². The van der Waals surface area contributed by atoms with E-state index in [0.29, 0.717) is 0 Å². The van der Waals surface area contributed by atoms with Crippen LogP contribution in [-0.2, 0) is 5.41 Å². The van der Waals surface area contributed by atoms with Crippen LogP contribution in [0.25, 0.3) is 0 Å². The van der Waals surface area contributed by atoms with Gasteiger partial charge < -0.3 is 10.4 Å². The molecular formula is C16H19NO. The lowest BCUT2D eigenvalue weighted by Crippen LogP contribution is -2.10. The Morgan fingerprint density at radius 3 is 1.67 bits per heavy atom. The predicted molar refractivity (Wildman–Crippen MR) is 76.5 cm³/mol. The summed E-state index contributed by atoms with van der Waals surface area (Å²) in [4.78, 5) is 0. The van der Waals surface area contributed by atoms with Crippen molar-refractivity contribution in [3.8, 4) is 5.75 Å². The van der Waals surface area contributed by atoms with Crippen LogP contribution in [0, 0.1) is 0 Å². The zero-order valence-corrected chi connectivity index (χ0v) is 11.1. The maximum absolute atomic E-state index is 9.22. The number of hydrogen-bond donors (Lipinski definition) is 2. The molecule has 2 rings (SSSR count). The van der Waals surface area contributed by atoms with Gasteiger partial charge in [0.05, 0.1) is 0 Å². The second-order valence-electron chi connectivity index (χ2n) is 5.50. The number of phenolic OH excluding ortho intramolecular Hbond substituents is 1. The first-order chi connectivity index (χ1) is 8.45. The summed E-state index contributed by atoms with van der Waals surface area (Å²) < 4.78 is 0. The number of benzene rings is 2. The van der Waals surface area contributed by atoms with Crippen molar-refractivity contribution in [3.63, 3.8) is 0 Å². The maximum atomic E-state index is 9.22. The molecule has 2 N–H and O–H groups in total. The molecular weight excluding hydrogens is 222 g/mol. The smallest absolute Gasteiger partial charge is 0.115 e. The highest BCUT2D eigenvalue weighted by molar-refractivity contribution is 5.60. The molecule has 0 heterocycles. The summed E-state index contributed by atoms with van der Waals surface area (Å²) in [6.45, 7) is 6.61. The Morgan fingerprint density at radius 1 is 0.778 bits per heavy atom. The van der Waals surface area contributed by atoms with Crippen molar-refractivity contribution in [1.82, 2.24) is 0 Å². The van der Waals surface area contributed by atoms with Gasteiger partial charge in [-0.2, -0.15) is 0 Å². The lowest BCUT2D eigenvalue weighted by molar-refractivity contribution is 0.475. The Hall–Kier alpha value is -1.96. The van der Waals surface area contributed by atoms with Crippen LogP contribution in [0.3, 0.4) is 0 Å². The highest BCUT2D eigenvalue weighted by Gasteiger charge is 2.12. The topological polar surface area (TPSA) is 32.3 Å². The van der Waals surface area contributed by atoms with E-state index in [9.17, 15) is 5.11 Å². The third kappa shape index (κ3) is 3.04. The summed E-state index contributed by atoms with van der Waals surface area (Å²) >= 11 is 0. The number of rotatable bonds is 2. The molecule has 0 aromatic heterocycles. The average Bonchev–Trinajstić information content (AvgIpc) is 2.32. The molecule has 2 aromatic carbocycles. The molecule has 0 spiro atoms. The van der Waals surface area contributed by atoms with Crippen LogP contribution in [0.2, 0.25) is 0 Å². The van der Waals surface area contributed by atoms with Gasteiger partial charge in [0, 0.05) is 11.4 Å². The van der Waals surface area contributed by atoms with Crippen LogP contribution in [0.4, 0.5) is 11.4 Å². The fraction of sp³-hybridized carbons (Fsp3) is 0.250. The van der Waals surface area contributed by atoms with E-state index in [1.807, 2.05) is 12.1 Å². The minimum Gasteiger partial charge on any atom is -0.508 e. The summed E-state index contributed by atoms with van der Waals surface area (Å²) in [6.07, 6.45) is 0. The first kappa shape index (κ1) is 12.5. The van der Waals surface area contributed by atoms with E-state index in [4.69, 9.17) is 0 Å². The minimum atomic E-state index is 0.178. The van der Waals surface area contributed by atoms with E-state index in [1.54, 1.807) is 12.1 Å². The van der Waals surface area contributed by atoms with Gasteiger partial charge in [-0.15, -0.1) is 0 Å². The van der Waals surface area contributed by atoms with Crippen molar-refractivity contribution < 1.29 is 5.11 Å². The molecule has 0 aliphatic carbocycles. The van der Waals surface area contributed by atoms with Crippen molar-refractivity contribution in [3.05, 3.63) is 54.1 Å². The van der Waals surface area contributed by atoms with E-state index in [0.717, 1.165) is 11.4 Å². The minimum absolute atomic E-state index is 0.178. The largest absolute Gasteiger partial charge is 0.508 e. The quantitative estimate of drug-likeness (QED) is 0.762. The summed E-state index contributed by atoms with van der Waals surface area (Å²) in [5.41, 5.74) is 3.51. The Morgan fingerprint density at radius 2 is 1.22 bits per heavy atom. The number of hydrogen-bond acceptors (Lipinski definition) is 2. The fourth-order valence-electron chi connectivity index (χ4n) is 1.76. The van der Waals surface area contributed by atoms with Crippen molar-refractivity contribution >= 4 is 11.4 Å². The highest BCUT2D eigenvalue weighted by Crippen LogP contribution is 2.25. The summed E-state index contributed by atoms with van der Waals surface area (Å²) in [5, 5.41) is 12.5. The Balaban J connectivity index is 2.13. The van der Waals surface area contributed by atoms with E-state index < -0.39 is 0 Å². The molecule has 0 unspecified atom stereocenters. The molecule has 0 atom stereocenters. The lowest BCUT2D eigenvalue weighted by atomic mass is 9.87. The van der Waals surface area contributed by atoms with E-state index >= 15 is 0 Å². The predicted octanol–water partition coefficient (Wildman–Crippen LogP) is 4.43. The van der Waals surface area contributed by atoms with Gasteiger partial charge in [-0.25, -0.2) is 0 Å². The SMILES string of the molecule is CC(C)(C)c1ccc(Nc2ccc(O)cc2)cc1. The molecule has 2 heteroatoms. The number of anilines is 2. The van der Waals surface area contributed by atoms with Gasteiger partial charge in [0.25, 0.3) is 0 Å². The summed E-state index contributed by atoms with van der Waals surface area (Å²) in [7, 11) is 0. The first-order valence-electron chi connectivity index (χ1n) is 6.12. The van der Waals surface area contributed by atoms with Gasteiger partial charge in [0.1, 0.15) is 5.75 Å². The molecule has 0 bridgehead atoms. The molecule has 0 saturated carbocycles. The maximum Gasteiger partial charge on any atom is 0.115 e. The molecule has 0 aliphatic rings. The monoisotopic (exact) mass is 241 g/mol. The molecule has 2 nitrogen and oxygen atoms in total. The first-order valence-corrected chi connectivity index (χ1v) is 6.12. The molecule has 18 heavy (non-hydrogen) atoms. The molecule has 0 radical (unpaired) electrons. The molecule has 0 fully saturated rings. The normalized spacial score (nSPS) is 11.3. The van der Waals surface area contributed by atoms with Gasteiger partial charge >= 0.3 is 0 Å². The van der Waals surface area contributed by atoms with Gasteiger partial charge in [-0.3, -0.25) is 0 Å². The van der Waals surface area contributed by atoms with Crippen LogP contribution in [-0.4, -0.2) is 5.11 Å². The second kappa shape index (κ2) is 4.73. The standard InChI is InChI=1S/C16H19NO/c1-16(2,3)12-4-6-13(7-5-12)17-14-8-10-15(18)11-9-14/h4-11,17-18H,1-3H3. The number of phenols is 1. The molecule has 0 amide bonds. The van der Waals surface area contributed by atoms with Crippen molar-refractivity contribution in [2.24, 2.45) is 0 Å². The van der Waals surface area contributed by atoms with Gasteiger partial charge in [0.2, 0.25) is 0 Å². The van der Waals surface area contributed by atoms with E-state index in [2.05, 4.69) is 50.4 Å². The van der Waals surface area contributed by atoms with Crippen molar-refractivity contribution in [2.75, 3.05) is 5.32 Å².